The number of phenols is 2. The number of hydrogen-bond donors (Lipinski definition) is 2. The summed E-state index contributed by atoms with van der Waals surface area (Å²) >= 11 is 3.29. The lowest BCUT2D eigenvalue weighted by molar-refractivity contribution is -0.131. The summed E-state index contributed by atoms with van der Waals surface area (Å²) in [6.45, 7) is 3.82. The summed E-state index contributed by atoms with van der Waals surface area (Å²) in [7, 11) is 1.66. The quantitative estimate of drug-likeness (QED) is 0.842. The molecule has 0 aliphatic carbocycles. The van der Waals surface area contributed by atoms with Gasteiger partial charge in [-0.2, -0.15) is 0 Å². The van der Waals surface area contributed by atoms with E-state index in [2.05, 4.69) is 15.9 Å². The molecule has 17 heavy (non-hydrogen) atoms. The lowest BCUT2D eigenvalue weighted by atomic mass is 10.1. The van der Waals surface area contributed by atoms with Crippen molar-refractivity contribution in [2.75, 3.05) is 7.05 Å². The molecule has 2 N–H and O–H groups in total. The smallest absolute Gasteiger partial charge is 0.238 e. The van der Waals surface area contributed by atoms with Gasteiger partial charge in [-0.15, -0.1) is 0 Å². The van der Waals surface area contributed by atoms with Crippen LogP contribution in [0.5, 0.6) is 11.5 Å². The Bertz CT molecular complexity index is 426. The summed E-state index contributed by atoms with van der Waals surface area (Å²) in [5.41, 5.74) is 0.593. The maximum atomic E-state index is 11.9. The van der Waals surface area contributed by atoms with E-state index in [9.17, 15) is 9.90 Å². The van der Waals surface area contributed by atoms with Crippen LogP contribution >= 0.6 is 15.9 Å². The number of nitrogens with zero attached hydrogens (tertiary/aromatic N) is 1. The van der Waals surface area contributed by atoms with Crippen LogP contribution in [0.25, 0.3) is 0 Å². The first kappa shape index (κ1) is 13.8. The van der Waals surface area contributed by atoms with E-state index in [1.807, 2.05) is 0 Å². The van der Waals surface area contributed by atoms with Crippen LogP contribution in [-0.4, -0.2) is 32.4 Å². The van der Waals surface area contributed by atoms with Crippen molar-refractivity contribution in [3.05, 3.63) is 23.8 Å². The zero-order valence-electron chi connectivity index (χ0n) is 10.1. The predicted molar refractivity (Wildman–Crippen MR) is 69.3 cm³/mol. The molecule has 1 aromatic carbocycles. The van der Waals surface area contributed by atoms with Crippen molar-refractivity contribution in [3.8, 4) is 11.5 Å². The van der Waals surface area contributed by atoms with Crippen LogP contribution in [0.3, 0.4) is 0 Å². The van der Waals surface area contributed by atoms with Crippen molar-refractivity contribution in [3.63, 3.8) is 0 Å². The van der Waals surface area contributed by atoms with Gasteiger partial charge in [-0.25, -0.2) is 0 Å². The van der Waals surface area contributed by atoms with Gasteiger partial charge in [0.15, 0.2) is 0 Å². The molecule has 0 heterocycles. The largest absolute Gasteiger partial charge is 0.508 e. The average molecular weight is 302 g/mol. The van der Waals surface area contributed by atoms with E-state index >= 15 is 0 Å². The molecule has 0 atom stereocenters. The number of amides is 1. The van der Waals surface area contributed by atoms with E-state index in [1.165, 1.54) is 17.0 Å². The van der Waals surface area contributed by atoms with Crippen LogP contribution in [0.2, 0.25) is 0 Å². The molecule has 0 saturated carbocycles. The number of halogens is 1. The molecule has 0 bridgehead atoms. The minimum atomic E-state index is -0.631. The standard InChI is InChI=1S/C12H16BrNO3/c1-12(2,13)11(17)14(3)7-8-4-5-9(15)6-10(8)16/h4-6,15-16H,7H2,1-3H3. The molecular weight excluding hydrogens is 286 g/mol. The Kier molecular flexibility index (Phi) is 4.03. The normalized spacial score (nSPS) is 11.3. The van der Waals surface area contributed by atoms with Crippen LogP contribution in [0.15, 0.2) is 18.2 Å². The third kappa shape index (κ3) is 3.63. The second-order valence-corrected chi connectivity index (χ2v) is 6.43. The Balaban J connectivity index is 2.81. The summed E-state index contributed by atoms with van der Waals surface area (Å²) in [6, 6.07) is 4.33. The third-order valence-corrected chi connectivity index (χ3v) is 2.67. The molecule has 0 radical (unpaired) electrons. The molecule has 4 nitrogen and oxygen atoms in total. The number of phenolic OH excluding ortho intramolecular Hbond substituents is 2. The molecule has 0 unspecified atom stereocenters. The monoisotopic (exact) mass is 301 g/mol. The lowest BCUT2D eigenvalue weighted by Crippen LogP contribution is -2.38. The van der Waals surface area contributed by atoms with Crippen LogP contribution in [0.4, 0.5) is 0 Å². The van der Waals surface area contributed by atoms with Crippen LogP contribution in [-0.2, 0) is 11.3 Å². The molecule has 0 aliphatic heterocycles. The first-order chi connectivity index (χ1) is 7.71. The fourth-order valence-electron chi connectivity index (χ4n) is 1.47. The highest BCUT2D eigenvalue weighted by molar-refractivity contribution is 9.10. The van der Waals surface area contributed by atoms with E-state index in [-0.39, 0.29) is 17.4 Å². The number of carbonyl (C=O) groups excluding carboxylic acids is 1. The highest BCUT2D eigenvalue weighted by Gasteiger charge is 2.27. The molecule has 1 aromatic rings. The molecule has 0 saturated heterocycles. The van der Waals surface area contributed by atoms with E-state index in [1.54, 1.807) is 27.0 Å². The fourth-order valence-corrected chi connectivity index (χ4v) is 1.77. The van der Waals surface area contributed by atoms with Gasteiger partial charge < -0.3 is 15.1 Å². The van der Waals surface area contributed by atoms with Gasteiger partial charge in [-0.05, 0) is 26.0 Å². The maximum Gasteiger partial charge on any atom is 0.238 e. The van der Waals surface area contributed by atoms with E-state index < -0.39 is 4.32 Å². The van der Waals surface area contributed by atoms with Crippen molar-refractivity contribution in [2.24, 2.45) is 0 Å². The van der Waals surface area contributed by atoms with Gasteiger partial charge in [0.1, 0.15) is 11.5 Å². The molecule has 0 aliphatic rings. The van der Waals surface area contributed by atoms with Crippen molar-refractivity contribution in [2.45, 2.75) is 24.7 Å². The highest BCUT2D eigenvalue weighted by atomic mass is 79.9. The van der Waals surface area contributed by atoms with Crippen molar-refractivity contribution in [1.29, 1.82) is 0 Å². The molecular formula is C12H16BrNO3. The number of aromatic hydroxyl groups is 2. The van der Waals surface area contributed by atoms with Crippen molar-refractivity contribution >= 4 is 21.8 Å². The molecule has 0 spiro atoms. The Morgan fingerprint density at radius 1 is 1.41 bits per heavy atom. The SMILES string of the molecule is CN(Cc1ccc(O)cc1O)C(=O)C(C)(C)Br. The summed E-state index contributed by atoms with van der Waals surface area (Å²) in [4.78, 5) is 13.4. The zero-order valence-corrected chi connectivity index (χ0v) is 11.7. The van der Waals surface area contributed by atoms with Gasteiger partial charge in [-0.1, -0.05) is 15.9 Å². The fraction of sp³-hybridized carbons (Fsp3) is 0.417. The van der Waals surface area contributed by atoms with E-state index in [0.717, 1.165) is 0 Å². The van der Waals surface area contributed by atoms with Crippen molar-refractivity contribution in [1.82, 2.24) is 4.90 Å². The Morgan fingerprint density at radius 2 is 2.00 bits per heavy atom. The predicted octanol–water partition coefficient (Wildman–Crippen LogP) is 2.23. The van der Waals surface area contributed by atoms with Gasteiger partial charge in [0.05, 0.1) is 4.32 Å². The number of alkyl halides is 1. The van der Waals surface area contributed by atoms with Gasteiger partial charge in [-0.3, -0.25) is 4.79 Å². The molecule has 0 aromatic heterocycles. The van der Waals surface area contributed by atoms with E-state index in [4.69, 9.17) is 5.11 Å². The molecule has 1 amide bonds. The summed E-state index contributed by atoms with van der Waals surface area (Å²) in [6.07, 6.45) is 0. The molecule has 94 valence electrons. The number of rotatable bonds is 3. The average Bonchev–Trinajstić information content (AvgIpc) is 2.19. The lowest BCUT2D eigenvalue weighted by Gasteiger charge is -2.24. The summed E-state index contributed by atoms with van der Waals surface area (Å²) in [5.74, 6) is -0.0944. The van der Waals surface area contributed by atoms with Crippen LogP contribution < -0.4 is 0 Å². The Morgan fingerprint density at radius 3 is 2.47 bits per heavy atom. The van der Waals surface area contributed by atoms with Gasteiger partial charge in [0.2, 0.25) is 5.91 Å². The minimum absolute atomic E-state index is 0.000973. The maximum absolute atomic E-state index is 11.9. The second kappa shape index (κ2) is 4.96. The minimum Gasteiger partial charge on any atom is -0.508 e. The first-order valence-corrected chi connectivity index (χ1v) is 5.96. The summed E-state index contributed by atoms with van der Waals surface area (Å²) in [5, 5.41) is 18.8. The highest BCUT2D eigenvalue weighted by Crippen LogP contribution is 2.25. The number of carbonyl (C=O) groups is 1. The van der Waals surface area contributed by atoms with Gasteiger partial charge in [0, 0.05) is 25.2 Å². The molecule has 1 rings (SSSR count). The Hall–Kier alpha value is -1.23. The second-order valence-electron chi connectivity index (χ2n) is 4.45. The van der Waals surface area contributed by atoms with E-state index in [0.29, 0.717) is 12.1 Å². The number of benzene rings is 1. The van der Waals surface area contributed by atoms with Gasteiger partial charge in [0.25, 0.3) is 0 Å². The first-order valence-electron chi connectivity index (χ1n) is 5.17. The number of hydrogen-bond acceptors (Lipinski definition) is 3. The van der Waals surface area contributed by atoms with Crippen molar-refractivity contribution < 1.29 is 15.0 Å². The molecule has 0 fully saturated rings. The molecule has 5 heteroatoms. The third-order valence-electron chi connectivity index (χ3n) is 2.33. The van der Waals surface area contributed by atoms with Crippen LogP contribution in [0, 0.1) is 0 Å². The topological polar surface area (TPSA) is 60.8 Å². The Labute approximate surface area is 109 Å². The van der Waals surface area contributed by atoms with Gasteiger partial charge >= 0.3 is 0 Å². The van der Waals surface area contributed by atoms with Crippen LogP contribution in [0.1, 0.15) is 19.4 Å². The summed E-state index contributed by atoms with van der Waals surface area (Å²) < 4.78 is -0.631. The zero-order chi connectivity index (χ0) is 13.2.